The molecule has 2 aliphatic rings. The second-order valence-corrected chi connectivity index (χ2v) is 19.4. The molecule has 0 radical (unpaired) electrons. The monoisotopic (exact) mass is 738 g/mol. The fourth-order valence-corrected chi connectivity index (χ4v) is 16.2. The fourth-order valence-electron chi connectivity index (χ4n) is 10.5. The maximum atomic E-state index is 3.62. The molecule has 0 aliphatic carbocycles. The minimum Gasteiger partial charge on any atom is -0.355 e. The van der Waals surface area contributed by atoms with Gasteiger partial charge in [0.2, 0.25) is 0 Å². The van der Waals surface area contributed by atoms with Crippen LogP contribution in [0.4, 0.5) is 0 Å². The van der Waals surface area contributed by atoms with Crippen LogP contribution >= 0.6 is 0 Å². The van der Waals surface area contributed by atoms with E-state index in [-0.39, 0.29) is 0 Å². The van der Waals surface area contributed by atoms with Gasteiger partial charge in [0.05, 0.1) is 11.0 Å². The quantitative estimate of drug-likeness (QED) is 0.174. The lowest BCUT2D eigenvalue weighted by Crippen LogP contribution is -2.70. The molecule has 1 spiro atoms. The largest absolute Gasteiger partial charge is 0.355 e. The highest BCUT2D eigenvalue weighted by Crippen LogP contribution is 2.40. The van der Waals surface area contributed by atoms with E-state index in [2.05, 4.69) is 210 Å². The average molecular weight is 739 g/mol. The molecule has 0 amide bonds. The van der Waals surface area contributed by atoms with Gasteiger partial charge in [-0.05, 0) is 114 Å². The molecular formula is C54H34N2Si. The molecule has 11 aromatic rings. The molecule has 1 N–H and O–H groups in total. The van der Waals surface area contributed by atoms with Crippen molar-refractivity contribution in [3.8, 4) is 50.2 Å². The summed E-state index contributed by atoms with van der Waals surface area (Å²) in [6.45, 7) is 0. The van der Waals surface area contributed by atoms with Crippen molar-refractivity contribution in [2.24, 2.45) is 0 Å². The molecular weight excluding hydrogens is 705 g/mol. The fraction of sp³-hybridized carbons (Fsp3) is 0. The summed E-state index contributed by atoms with van der Waals surface area (Å²) >= 11 is 0. The van der Waals surface area contributed by atoms with Crippen LogP contribution in [0, 0.1) is 0 Å². The van der Waals surface area contributed by atoms with Crippen molar-refractivity contribution in [2.75, 3.05) is 0 Å². The van der Waals surface area contributed by atoms with E-state index in [1.54, 1.807) is 0 Å². The lowest BCUT2D eigenvalue weighted by molar-refractivity contribution is 1.18. The number of hydrogen-bond acceptors (Lipinski definition) is 0. The van der Waals surface area contributed by atoms with Crippen molar-refractivity contribution in [1.29, 1.82) is 0 Å². The summed E-state index contributed by atoms with van der Waals surface area (Å²) in [5.74, 6) is 0. The van der Waals surface area contributed by atoms with Gasteiger partial charge in [-0.1, -0.05) is 152 Å². The third-order valence-corrected chi connectivity index (χ3v) is 17.9. The highest BCUT2D eigenvalue weighted by atomic mass is 28.3. The highest BCUT2D eigenvalue weighted by Gasteiger charge is 2.54. The molecule has 1 atom stereocenters. The van der Waals surface area contributed by atoms with Crippen molar-refractivity contribution >= 4 is 72.4 Å². The summed E-state index contributed by atoms with van der Waals surface area (Å²) in [6, 6.07) is 75.3. The summed E-state index contributed by atoms with van der Waals surface area (Å²) in [5.41, 5.74) is 16.5. The Morgan fingerprint density at radius 2 is 0.807 bits per heavy atom. The van der Waals surface area contributed by atoms with Gasteiger partial charge in [-0.2, -0.15) is 0 Å². The highest BCUT2D eigenvalue weighted by molar-refractivity contribution is 7.24. The lowest BCUT2D eigenvalue weighted by atomic mass is 9.99. The van der Waals surface area contributed by atoms with Crippen molar-refractivity contribution in [1.82, 2.24) is 9.55 Å². The van der Waals surface area contributed by atoms with Crippen LogP contribution in [0.15, 0.2) is 200 Å². The molecule has 264 valence electrons. The number of H-pyrrole nitrogens is 1. The predicted octanol–water partition coefficient (Wildman–Crippen LogP) is 11.1. The first-order chi connectivity index (χ1) is 28.3. The van der Waals surface area contributed by atoms with Crippen molar-refractivity contribution in [3.05, 3.63) is 200 Å². The molecule has 0 fully saturated rings. The number of aromatic nitrogens is 2. The first-order valence-electron chi connectivity index (χ1n) is 19.8. The summed E-state index contributed by atoms with van der Waals surface area (Å²) in [4.78, 5) is 3.62. The Balaban J connectivity index is 1.04. The number of aromatic amines is 1. The van der Waals surface area contributed by atoms with Gasteiger partial charge in [-0.3, -0.25) is 0 Å². The van der Waals surface area contributed by atoms with E-state index in [4.69, 9.17) is 0 Å². The first-order valence-corrected chi connectivity index (χ1v) is 21.8. The van der Waals surface area contributed by atoms with Gasteiger partial charge < -0.3 is 9.55 Å². The minimum atomic E-state index is -2.71. The molecule has 9 aromatic carbocycles. The lowest BCUT2D eigenvalue weighted by Gasteiger charge is -2.28. The van der Waals surface area contributed by atoms with Gasteiger partial charge in [-0.25, -0.2) is 0 Å². The summed E-state index contributed by atoms with van der Waals surface area (Å²) in [6.07, 6.45) is 0. The van der Waals surface area contributed by atoms with Crippen molar-refractivity contribution < 1.29 is 0 Å². The van der Waals surface area contributed by atoms with Crippen LogP contribution < -0.4 is 20.7 Å². The maximum Gasteiger partial charge on any atom is 0.182 e. The zero-order chi connectivity index (χ0) is 37.2. The van der Waals surface area contributed by atoms with E-state index in [0.29, 0.717) is 0 Å². The van der Waals surface area contributed by atoms with Crippen LogP contribution in [0.25, 0.3) is 93.8 Å². The normalized spacial score (nSPS) is 15.1. The molecule has 0 bridgehead atoms. The predicted molar refractivity (Wildman–Crippen MR) is 243 cm³/mol. The SMILES string of the molecule is c1ccc(-n2c3ccccc3c3cc(-c4ccc5c(c4)[Si]4(c6ccccc6-c6ccc(-c7ccc8[nH]c9ccccc9c8c7)cc64)c4ccccc4-5)ccc32)cc1. The molecule has 3 heteroatoms. The van der Waals surface area contributed by atoms with Crippen LogP contribution in [0.2, 0.25) is 0 Å². The van der Waals surface area contributed by atoms with Gasteiger partial charge in [0.15, 0.2) is 8.07 Å². The number of benzene rings is 9. The molecule has 2 aliphatic heterocycles. The van der Waals surface area contributed by atoms with Gasteiger partial charge in [0, 0.05) is 38.3 Å². The van der Waals surface area contributed by atoms with Gasteiger partial charge in [0.25, 0.3) is 0 Å². The minimum absolute atomic E-state index is 1.17. The summed E-state index contributed by atoms with van der Waals surface area (Å²) < 4.78 is 2.40. The van der Waals surface area contributed by atoms with Crippen LogP contribution in [0.1, 0.15) is 0 Å². The molecule has 13 rings (SSSR count). The van der Waals surface area contributed by atoms with Crippen molar-refractivity contribution in [3.63, 3.8) is 0 Å². The zero-order valence-electron chi connectivity index (χ0n) is 31.0. The number of para-hydroxylation sites is 3. The van der Waals surface area contributed by atoms with Crippen molar-refractivity contribution in [2.45, 2.75) is 0 Å². The standard InChI is InChI=1S/C54H34N2Si/c1-2-12-38(13-3-1)56-49-19-9-5-15-40(49)46-31-35(25-29-50(46)56)37-23-27-44-42-17-7-11-21-52(42)57(54(44)33-37)51-20-10-6-16-41(51)43-26-22-36(32-53(43)57)34-24-28-48-45(30-34)39-14-4-8-18-47(39)55-48/h1-33,55H. The number of hydrogen-bond donors (Lipinski definition) is 1. The third-order valence-electron chi connectivity index (χ3n) is 12.9. The number of nitrogens with zero attached hydrogens (tertiary/aromatic N) is 1. The van der Waals surface area contributed by atoms with Gasteiger partial charge >= 0.3 is 0 Å². The van der Waals surface area contributed by atoms with Crippen LogP contribution in [-0.2, 0) is 0 Å². The second kappa shape index (κ2) is 11.4. The number of rotatable bonds is 3. The Morgan fingerprint density at radius 3 is 1.53 bits per heavy atom. The second-order valence-electron chi connectivity index (χ2n) is 15.7. The molecule has 2 aromatic heterocycles. The average Bonchev–Trinajstić information content (AvgIpc) is 3.99. The Bertz CT molecular complexity index is 3470. The van der Waals surface area contributed by atoms with Gasteiger partial charge in [0.1, 0.15) is 0 Å². The topological polar surface area (TPSA) is 20.7 Å². The molecule has 0 saturated heterocycles. The first kappa shape index (κ1) is 31.0. The molecule has 1 unspecified atom stereocenters. The number of fused-ring (bicyclic) bond motifs is 16. The molecule has 2 nitrogen and oxygen atoms in total. The van der Waals surface area contributed by atoms with E-state index >= 15 is 0 Å². The zero-order valence-corrected chi connectivity index (χ0v) is 32.0. The smallest absolute Gasteiger partial charge is 0.182 e. The Hall–Kier alpha value is -7.20. The Labute approximate surface area is 330 Å². The molecule has 0 saturated carbocycles. The van der Waals surface area contributed by atoms with Crippen LogP contribution in [-0.4, -0.2) is 17.6 Å². The van der Waals surface area contributed by atoms with Gasteiger partial charge in [-0.15, -0.1) is 0 Å². The van der Waals surface area contributed by atoms with Crippen LogP contribution in [0.3, 0.4) is 0 Å². The van der Waals surface area contributed by atoms with E-state index in [0.717, 1.165) is 0 Å². The van der Waals surface area contributed by atoms with E-state index in [9.17, 15) is 0 Å². The molecule has 57 heavy (non-hydrogen) atoms. The number of nitrogens with one attached hydrogen (secondary N) is 1. The van der Waals surface area contributed by atoms with E-state index < -0.39 is 8.07 Å². The Morgan fingerprint density at radius 1 is 0.316 bits per heavy atom. The Kier molecular flexibility index (Phi) is 6.22. The van der Waals surface area contributed by atoms with Crippen LogP contribution in [0.5, 0.6) is 0 Å². The maximum absolute atomic E-state index is 3.62. The molecule has 4 heterocycles. The van der Waals surface area contributed by atoms with E-state index in [1.165, 1.54) is 115 Å². The third kappa shape index (κ3) is 4.13. The summed E-state index contributed by atoms with van der Waals surface area (Å²) in [7, 11) is -2.71. The van der Waals surface area contributed by atoms with E-state index in [1.807, 2.05) is 0 Å². The summed E-state index contributed by atoms with van der Waals surface area (Å²) in [5, 5.41) is 11.0.